The second-order valence-electron chi connectivity index (χ2n) is 7.83. The normalized spacial score (nSPS) is 20.3. The first-order valence-corrected chi connectivity index (χ1v) is 11.3. The first-order valence-electron chi connectivity index (χ1n) is 9.81. The highest BCUT2D eigenvalue weighted by Gasteiger charge is 2.47. The molecule has 0 spiro atoms. The summed E-state index contributed by atoms with van der Waals surface area (Å²) in [5.41, 5.74) is 2.46. The molecule has 1 aromatic carbocycles. The van der Waals surface area contributed by atoms with Gasteiger partial charge in [0.05, 0.1) is 5.39 Å². The van der Waals surface area contributed by atoms with E-state index in [0.717, 1.165) is 22.4 Å². The number of para-hydroxylation sites is 1. The van der Waals surface area contributed by atoms with Crippen molar-refractivity contribution in [3.05, 3.63) is 48.4 Å². The van der Waals surface area contributed by atoms with Crippen molar-refractivity contribution in [3.63, 3.8) is 0 Å². The number of anilines is 2. The molecule has 9 nitrogen and oxygen atoms in total. The largest absolute Gasteiger partial charge is 0.353 e. The lowest BCUT2D eigenvalue weighted by Crippen LogP contribution is -2.66. The third kappa shape index (κ3) is 3.51. The maximum atomic E-state index is 12.5. The zero-order valence-electron chi connectivity index (χ0n) is 17.2. The van der Waals surface area contributed by atoms with Crippen LogP contribution >= 0.6 is 0 Å². The molecule has 0 saturated carbocycles. The molecular formula is C20H26N6O3S. The van der Waals surface area contributed by atoms with Gasteiger partial charge in [-0.3, -0.25) is 9.45 Å². The van der Waals surface area contributed by atoms with Crippen molar-refractivity contribution in [1.82, 2.24) is 19.9 Å². The van der Waals surface area contributed by atoms with Crippen molar-refractivity contribution < 1.29 is 13.0 Å². The van der Waals surface area contributed by atoms with E-state index in [0.29, 0.717) is 25.3 Å². The Bertz CT molecular complexity index is 1150. The summed E-state index contributed by atoms with van der Waals surface area (Å²) in [5.74, 6) is 0.829. The summed E-state index contributed by atoms with van der Waals surface area (Å²) in [6.45, 7) is 6.99. The summed E-state index contributed by atoms with van der Waals surface area (Å²) in [6.07, 6.45) is 3.44. The highest BCUT2D eigenvalue weighted by molar-refractivity contribution is 7.87. The van der Waals surface area contributed by atoms with Gasteiger partial charge in [0.15, 0.2) is 0 Å². The van der Waals surface area contributed by atoms with Crippen molar-refractivity contribution in [1.29, 1.82) is 0 Å². The molecule has 10 heteroatoms. The lowest BCUT2D eigenvalue weighted by atomic mass is 10.1. The summed E-state index contributed by atoms with van der Waals surface area (Å²) in [5, 5.41) is 3.99. The number of nitrogens with zero attached hydrogens (tertiary/aromatic N) is 4. The Morgan fingerprint density at radius 3 is 2.63 bits per heavy atom. The van der Waals surface area contributed by atoms with Crippen LogP contribution in [-0.2, 0) is 10.1 Å². The molecule has 1 aliphatic rings. The fourth-order valence-corrected chi connectivity index (χ4v) is 5.01. The average molecular weight is 431 g/mol. The molecule has 0 amide bonds. The molecule has 0 bridgehead atoms. The number of benzene rings is 1. The molecular weight excluding hydrogens is 404 g/mol. The summed E-state index contributed by atoms with van der Waals surface area (Å²) >= 11 is 0. The van der Waals surface area contributed by atoms with Crippen LogP contribution in [0.1, 0.15) is 19.4 Å². The number of nitrogens with one attached hydrogen (secondary N) is 2. The number of H-pyrrole nitrogens is 1. The van der Waals surface area contributed by atoms with Crippen molar-refractivity contribution >= 4 is 32.7 Å². The standard InChI is InChI=1S/C20H26N6O3S/c1-14-11-21-18-17(14)19(23-13-22-18)25-9-10-26(15(2)12-25)20(3,30(27,28)29)24-16-7-5-4-6-8-16/h4-8,11,13,15,24H,9-10,12H2,1-3H3,(H,21,22,23)(H,27,28,29)/t15-,20?/m0/s1. The molecule has 2 atom stereocenters. The van der Waals surface area contributed by atoms with Crippen molar-refractivity contribution in [2.45, 2.75) is 31.8 Å². The molecule has 0 aliphatic carbocycles. The van der Waals surface area contributed by atoms with E-state index in [9.17, 15) is 13.0 Å². The van der Waals surface area contributed by atoms with Gasteiger partial charge in [-0.15, -0.1) is 0 Å². The highest BCUT2D eigenvalue weighted by Crippen LogP contribution is 2.32. The smallest absolute Gasteiger partial charge is 0.303 e. The lowest BCUT2D eigenvalue weighted by Gasteiger charge is -2.48. The number of rotatable bonds is 5. The van der Waals surface area contributed by atoms with Gasteiger partial charge in [-0.25, -0.2) is 9.97 Å². The molecule has 1 aliphatic heterocycles. The fourth-order valence-electron chi connectivity index (χ4n) is 4.20. The van der Waals surface area contributed by atoms with E-state index in [1.807, 2.05) is 38.2 Å². The van der Waals surface area contributed by atoms with Crippen molar-refractivity contribution in [2.24, 2.45) is 0 Å². The molecule has 1 saturated heterocycles. The van der Waals surface area contributed by atoms with Crippen LogP contribution in [-0.4, -0.2) is 63.5 Å². The first kappa shape index (κ1) is 20.6. The van der Waals surface area contributed by atoms with Crippen LogP contribution in [0.4, 0.5) is 11.5 Å². The zero-order chi connectivity index (χ0) is 21.5. The highest BCUT2D eigenvalue weighted by atomic mass is 32.2. The van der Waals surface area contributed by atoms with E-state index in [1.54, 1.807) is 17.0 Å². The first-order chi connectivity index (χ1) is 14.2. The van der Waals surface area contributed by atoms with Gasteiger partial charge in [0, 0.05) is 37.6 Å². The van der Waals surface area contributed by atoms with Crippen LogP contribution in [0.2, 0.25) is 0 Å². The second kappa shape index (κ2) is 7.53. The van der Waals surface area contributed by atoms with Crippen molar-refractivity contribution in [2.75, 3.05) is 29.9 Å². The van der Waals surface area contributed by atoms with Gasteiger partial charge in [0.25, 0.3) is 0 Å². The van der Waals surface area contributed by atoms with Gasteiger partial charge in [-0.1, -0.05) is 18.2 Å². The summed E-state index contributed by atoms with van der Waals surface area (Å²) in [4.78, 5) is 14.2. The minimum absolute atomic E-state index is 0.175. The Hall–Kier alpha value is -2.69. The Morgan fingerprint density at radius 1 is 1.23 bits per heavy atom. The molecule has 3 N–H and O–H groups in total. The van der Waals surface area contributed by atoms with Gasteiger partial charge < -0.3 is 15.2 Å². The lowest BCUT2D eigenvalue weighted by molar-refractivity contribution is 0.118. The third-order valence-corrected chi connectivity index (χ3v) is 7.12. The Kier molecular flexibility index (Phi) is 5.16. The van der Waals surface area contributed by atoms with E-state index in [-0.39, 0.29) is 6.04 Å². The van der Waals surface area contributed by atoms with Gasteiger partial charge in [-0.2, -0.15) is 8.42 Å². The van der Waals surface area contributed by atoms with Crippen LogP contribution in [0.5, 0.6) is 0 Å². The SMILES string of the molecule is Cc1c[nH]c2ncnc(N3CCN(C(C)(Nc4ccccc4)S(=O)(=O)O)[C@@H](C)C3)c12. The summed E-state index contributed by atoms with van der Waals surface area (Å²) in [6, 6.07) is 8.85. The molecule has 2 aromatic heterocycles. The maximum absolute atomic E-state index is 12.5. The molecule has 160 valence electrons. The molecule has 4 rings (SSSR count). The number of fused-ring (bicyclic) bond motifs is 1. The monoisotopic (exact) mass is 430 g/mol. The predicted molar refractivity (Wildman–Crippen MR) is 117 cm³/mol. The molecule has 1 unspecified atom stereocenters. The van der Waals surface area contributed by atoms with Gasteiger partial charge in [0.1, 0.15) is 17.8 Å². The number of aryl methyl sites for hydroxylation is 1. The van der Waals surface area contributed by atoms with E-state index in [4.69, 9.17) is 0 Å². The number of hydrogen-bond acceptors (Lipinski definition) is 7. The number of aromatic amines is 1. The zero-order valence-corrected chi connectivity index (χ0v) is 18.0. The Labute approximate surface area is 175 Å². The number of aromatic nitrogens is 3. The Balaban J connectivity index is 1.63. The van der Waals surface area contributed by atoms with Crippen molar-refractivity contribution in [3.8, 4) is 0 Å². The van der Waals surface area contributed by atoms with Crippen LogP contribution in [0.25, 0.3) is 11.0 Å². The van der Waals surface area contributed by atoms with E-state index in [1.165, 1.54) is 13.3 Å². The number of piperazine rings is 1. The average Bonchev–Trinajstić information content (AvgIpc) is 3.09. The van der Waals surface area contributed by atoms with Gasteiger partial charge >= 0.3 is 10.1 Å². The third-order valence-electron chi connectivity index (χ3n) is 5.77. The van der Waals surface area contributed by atoms with E-state index < -0.39 is 15.1 Å². The fraction of sp³-hybridized carbons (Fsp3) is 0.400. The number of hydrogen-bond donors (Lipinski definition) is 3. The Morgan fingerprint density at radius 2 is 1.97 bits per heavy atom. The minimum Gasteiger partial charge on any atom is -0.353 e. The summed E-state index contributed by atoms with van der Waals surface area (Å²) < 4.78 is 35.0. The van der Waals surface area contributed by atoms with E-state index >= 15 is 0 Å². The molecule has 30 heavy (non-hydrogen) atoms. The second-order valence-corrected chi connectivity index (χ2v) is 9.58. The van der Waals surface area contributed by atoms with Crippen LogP contribution in [0.3, 0.4) is 0 Å². The topological polar surface area (TPSA) is 114 Å². The molecule has 3 heterocycles. The van der Waals surface area contributed by atoms with Gasteiger partial charge in [-0.05, 0) is 38.5 Å². The van der Waals surface area contributed by atoms with Crippen LogP contribution in [0, 0.1) is 6.92 Å². The quantitative estimate of drug-likeness (QED) is 0.529. The molecule has 3 aromatic rings. The van der Waals surface area contributed by atoms with E-state index in [2.05, 4.69) is 25.2 Å². The molecule has 0 radical (unpaired) electrons. The predicted octanol–water partition coefficient (Wildman–Crippen LogP) is 2.45. The van der Waals surface area contributed by atoms with Crippen LogP contribution in [0.15, 0.2) is 42.9 Å². The summed E-state index contributed by atoms with van der Waals surface area (Å²) in [7, 11) is -4.44. The molecule has 1 fully saturated rings. The van der Waals surface area contributed by atoms with Crippen LogP contribution < -0.4 is 10.2 Å². The minimum atomic E-state index is -4.44. The van der Waals surface area contributed by atoms with Gasteiger partial charge in [0.2, 0.25) is 4.99 Å². The maximum Gasteiger partial charge on any atom is 0.303 e.